The molecular weight excluding hydrogens is 407 g/mol. The molecule has 1 saturated heterocycles. The monoisotopic (exact) mass is 422 g/mol. The molecule has 0 aromatic heterocycles. The minimum absolute atomic E-state index is 0.0307. The van der Waals surface area contributed by atoms with Crippen LogP contribution in [0.3, 0.4) is 0 Å². The smallest absolute Gasteiger partial charge is 0.255 e. The lowest BCUT2D eigenvalue weighted by Crippen LogP contribution is -2.35. The molecule has 2 rings (SSSR count). The van der Waals surface area contributed by atoms with Gasteiger partial charge in [0.15, 0.2) is 0 Å². The van der Waals surface area contributed by atoms with Gasteiger partial charge in [0, 0.05) is 36.0 Å². The molecule has 1 aliphatic rings. The molecule has 0 unspecified atom stereocenters. The van der Waals surface area contributed by atoms with Gasteiger partial charge in [0.1, 0.15) is 0 Å². The lowest BCUT2D eigenvalue weighted by Gasteiger charge is -2.22. The number of halogens is 3. The summed E-state index contributed by atoms with van der Waals surface area (Å²) in [6, 6.07) is 5.41. The first-order valence-electron chi connectivity index (χ1n) is 6.64. The molecule has 1 heterocycles. The second kappa shape index (κ2) is 7.78. The minimum Gasteiger partial charge on any atom is -0.337 e. The van der Waals surface area contributed by atoms with Crippen LogP contribution in [-0.2, 0) is 0 Å². The number of alkyl halides is 1. The van der Waals surface area contributed by atoms with Crippen LogP contribution in [0.25, 0.3) is 0 Å². The van der Waals surface area contributed by atoms with Crippen molar-refractivity contribution in [2.45, 2.75) is 6.42 Å². The molecule has 0 saturated carbocycles. The fraction of sp³-hybridized carbons (Fsp3) is 0.500. The van der Waals surface area contributed by atoms with Crippen molar-refractivity contribution in [1.29, 1.82) is 0 Å². The number of carbonyl (C=O) groups is 1. The van der Waals surface area contributed by atoms with Gasteiger partial charge in [-0.1, -0.05) is 43.5 Å². The zero-order valence-electron chi connectivity index (χ0n) is 11.1. The molecule has 0 aliphatic carbocycles. The van der Waals surface area contributed by atoms with Crippen molar-refractivity contribution in [2.75, 3.05) is 38.1 Å². The van der Waals surface area contributed by atoms with Crippen molar-refractivity contribution in [3.63, 3.8) is 0 Å². The third-order valence-corrected chi connectivity index (χ3v) is 4.60. The van der Waals surface area contributed by atoms with Crippen molar-refractivity contribution < 1.29 is 4.79 Å². The minimum atomic E-state index is 0.0307. The molecule has 1 aromatic rings. The van der Waals surface area contributed by atoms with E-state index in [-0.39, 0.29) is 5.91 Å². The van der Waals surface area contributed by atoms with Crippen LogP contribution in [0.2, 0.25) is 5.02 Å². The molecule has 0 bridgehead atoms. The quantitative estimate of drug-likeness (QED) is 0.692. The van der Waals surface area contributed by atoms with Crippen LogP contribution < -0.4 is 0 Å². The van der Waals surface area contributed by atoms with E-state index in [0.717, 1.165) is 48.9 Å². The highest BCUT2D eigenvalue weighted by Gasteiger charge is 2.21. The van der Waals surface area contributed by atoms with Gasteiger partial charge >= 0.3 is 0 Å². The highest BCUT2D eigenvalue weighted by atomic mass is 79.9. The second-order valence-corrected chi connectivity index (χ2v) is 6.92. The zero-order chi connectivity index (χ0) is 14.5. The highest BCUT2D eigenvalue weighted by molar-refractivity contribution is 9.10. The standard InChI is InChI=1S/C14H17Br2ClN2O/c15-4-7-18-5-1-6-19(9-8-18)14(20)12-3-2-11(16)10-13(12)17/h2-3,10H,1,4-9H2. The predicted molar refractivity (Wildman–Crippen MR) is 89.9 cm³/mol. The maximum absolute atomic E-state index is 12.5. The Labute approximate surface area is 141 Å². The highest BCUT2D eigenvalue weighted by Crippen LogP contribution is 2.23. The van der Waals surface area contributed by atoms with E-state index < -0.39 is 0 Å². The molecule has 0 atom stereocenters. The third-order valence-electron chi connectivity index (χ3n) is 3.44. The van der Waals surface area contributed by atoms with Crippen molar-refractivity contribution in [3.05, 3.63) is 33.3 Å². The first kappa shape index (κ1) is 16.3. The molecule has 0 spiro atoms. The van der Waals surface area contributed by atoms with Gasteiger partial charge in [0.05, 0.1) is 10.6 Å². The van der Waals surface area contributed by atoms with Crippen LogP contribution in [0, 0.1) is 0 Å². The second-order valence-electron chi connectivity index (χ2n) is 4.80. The van der Waals surface area contributed by atoms with E-state index in [0.29, 0.717) is 10.6 Å². The Morgan fingerprint density at radius 1 is 1.25 bits per heavy atom. The summed E-state index contributed by atoms with van der Waals surface area (Å²) in [6.07, 6.45) is 1.01. The van der Waals surface area contributed by atoms with Gasteiger partial charge in [-0.25, -0.2) is 0 Å². The molecule has 1 fully saturated rings. The van der Waals surface area contributed by atoms with Crippen LogP contribution in [-0.4, -0.2) is 53.8 Å². The number of nitrogens with zero attached hydrogens (tertiary/aromatic N) is 2. The summed E-state index contributed by atoms with van der Waals surface area (Å²) in [5, 5.41) is 1.48. The Morgan fingerprint density at radius 3 is 2.75 bits per heavy atom. The molecule has 0 N–H and O–H groups in total. The van der Waals surface area contributed by atoms with Crippen LogP contribution in [0.15, 0.2) is 22.7 Å². The lowest BCUT2D eigenvalue weighted by molar-refractivity contribution is 0.0762. The number of benzene rings is 1. The zero-order valence-corrected chi connectivity index (χ0v) is 15.0. The summed E-state index contributed by atoms with van der Waals surface area (Å²) in [5.74, 6) is 0.0307. The predicted octanol–water partition coefficient (Wildman–Crippen LogP) is 3.65. The lowest BCUT2D eigenvalue weighted by atomic mass is 10.2. The molecule has 1 aliphatic heterocycles. The van der Waals surface area contributed by atoms with Gasteiger partial charge in [-0.05, 0) is 31.2 Å². The average Bonchev–Trinajstić information content (AvgIpc) is 2.64. The van der Waals surface area contributed by atoms with Crippen molar-refractivity contribution >= 4 is 49.4 Å². The van der Waals surface area contributed by atoms with E-state index in [4.69, 9.17) is 11.6 Å². The number of hydrogen-bond acceptors (Lipinski definition) is 2. The van der Waals surface area contributed by atoms with E-state index in [1.807, 2.05) is 11.0 Å². The Morgan fingerprint density at radius 2 is 2.05 bits per heavy atom. The SMILES string of the molecule is O=C(c1ccc(Br)cc1Cl)N1CCCN(CCBr)CC1. The summed E-state index contributed by atoms with van der Waals surface area (Å²) < 4.78 is 0.887. The van der Waals surface area contributed by atoms with Gasteiger partial charge in [0.25, 0.3) is 5.91 Å². The van der Waals surface area contributed by atoms with E-state index in [1.165, 1.54) is 0 Å². The van der Waals surface area contributed by atoms with E-state index >= 15 is 0 Å². The Kier molecular flexibility index (Phi) is 6.33. The molecule has 6 heteroatoms. The van der Waals surface area contributed by atoms with Crippen LogP contribution in [0.5, 0.6) is 0 Å². The first-order chi connectivity index (χ1) is 9.61. The van der Waals surface area contributed by atoms with Crippen molar-refractivity contribution in [1.82, 2.24) is 9.80 Å². The Bertz CT molecular complexity index is 484. The average molecular weight is 425 g/mol. The van der Waals surface area contributed by atoms with E-state index in [1.54, 1.807) is 12.1 Å². The van der Waals surface area contributed by atoms with Crippen molar-refractivity contribution in [2.24, 2.45) is 0 Å². The Hall–Kier alpha value is -0.100. The number of carbonyl (C=O) groups excluding carboxylic acids is 1. The Balaban J connectivity index is 2.05. The molecule has 20 heavy (non-hydrogen) atoms. The molecule has 1 amide bonds. The summed E-state index contributed by atoms with van der Waals surface area (Å²) in [5.41, 5.74) is 0.587. The number of hydrogen-bond donors (Lipinski definition) is 0. The topological polar surface area (TPSA) is 23.6 Å². The van der Waals surface area contributed by atoms with E-state index in [9.17, 15) is 4.79 Å². The van der Waals surface area contributed by atoms with Crippen LogP contribution >= 0.6 is 43.5 Å². The fourth-order valence-electron chi connectivity index (χ4n) is 2.35. The number of rotatable bonds is 3. The van der Waals surface area contributed by atoms with Gasteiger partial charge in [-0.3, -0.25) is 4.79 Å². The maximum Gasteiger partial charge on any atom is 0.255 e. The fourth-order valence-corrected chi connectivity index (χ4v) is 3.61. The van der Waals surface area contributed by atoms with Gasteiger partial charge < -0.3 is 9.80 Å². The molecule has 1 aromatic carbocycles. The number of amides is 1. The molecule has 0 radical (unpaired) electrons. The van der Waals surface area contributed by atoms with Crippen LogP contribution in [0.1, 0.15) is 16.8 Å². The molecule has 3 nitrogen and oxygen atoms in total. The summed E-state index contributed by atoms with van der Waals surface area (Å²) in [4.78, 5) is 16.8. The van der Waals surface area contributed by atoms with Gasteiger partial charge in [-0.2, -0.15) is 0 Å². The van der Waals surface area contributed by atoms with E-state index in [2.05, 4.69) is 36.8 Å². The summed E-state index contributed by atoms with van der Waals surface area (Å²) >= 11 is 13.0. The normalized spacial score (nSPS) is 17.1. The third kappa shape index (κ3) is 4.20. The van der Waals surface area contributed by atoms with Gasteiger partial charge in [0.2, 0.25) is 0 Å². The molecular formula is C14H17Br2ClN2O. The summed E-state index contributed by atoms with van der Waals surface area (Å²) in [7, 11) is 0. The first-order valence-corrected chi connectivity index (χ1v) is 8.93. The van der Waals surface area contributed by atoms with Gasteiger partial charge in [-0.15, -0.1) is 0 Å². The molecule has 110 valence electrons. The maximum atomic E-state index is 12.5. The largest absolute Gasteiger partial charge is 0.337 e. The van der Waals surface area contributed by atoms with Crippen molar-refractivity contribution in [3.8, 4) is 0 Å². The summed E-state index contributed by atoms with van der Waals surface area (Å²) in [6.45, 7) is 4.55. The van der Waals surface area contributed by atoms with Crippen LogP contribution in [0.4, 0.5) is 0 Å².